The van der Waals surface area contributed by atoms with E-state index in [9.17, 15) is 5.11 Å². The fourth-order valence-electron chi connectivity index (χ4n) is 2.48. The molecule has 0 amide bonds. The molecule has 1 N–H and O–H groups in total. The van der Waals surface area contributed by atoms with Crippen molar-refractivity contribution in [3.8, 4) is 6.07 Å². The predicted octanol–water partition coefficient (Wildman–Crippen LogP) is 3.19. The second-order valence-corrected chi connectivity index (χ2v) is 5.98. The van der Waals surface area contributed by atoms with Gasteiger partial charge in [-0.05, 0) is 45.1 Å². The maximum atomic E-state index is 10.1. The van der Waals surface area contributed by atoms with Crippen molar-refractivity contribution in [3.63, 3.8) is 0 Å². The molecule has 2 rings (SSSR count). The quantitative estimate of drug-likeness (QED) is 0.833. The Labute approximate surface area is 109 Å². The Morgan fingerprint density at radius 3 is 2.94 bits per heavy atom. The molecule has 0 saturated carbocycles. The molecule has 0 radical (unpaired) electrons. The van der Waals surface area contributed by atoms with Crippen LogP contribution in [0.3, 0.4) is 0 Å². The molecule has 0 spiro atoms. The Balaban J connectivity index is 2.08. The van der Waals surface area contributed by atoms with E-state index < -0.39 is 0 Å². The first-order valence-corrected chi connectivity index (χ1v) is 6.80. The van der Waals surface area contributed by atoms with E-state index in [2.05, 4.69) is 23.0 Å². The lowest BCUT2D eigenvalue weighted by molar-refractivity contribution is 0.166. The van der Waals surface area contributed by atoms with Gasteiger partial charge in [0.1, 0.15) is 0 Å². The summed E-state index contributed by atoms with van der Waals surface area (Å²) >= 11 is 0. The standard InChI is InChI=1S/C15H22N2O/c1-15(2,11-16)7-8-17-9-12-5-3-4-6-14(18)13(12)10-17/h9-10,14,18H,3-8H2,1-2H3. The summed E-state index contributed by atoms with van der Waals surface area (Å²) < 4.78 is 2.14. The number of rotatable bonds is 3. The van der Waals surface area contributed by atoms with E-state index in [1.54, 1.807) is 0 Å². The van der Waals surface area contributed by atoms with Crippen molar-refractivity contribution in [2.75, 3.05) is 0 Å². The smallest absolute Gasteiger partial charge is 0.0807 e. The molecule has 18 heavy (non-hydrogen) atoms. The van der Waals surface area contributed by atoms with Gasteiger partial charge in [0.2, 0.25) is 0 Å². The second kappa shape index (κ2) is 5.16. The SMILES string of the molecule is CC(C)(C#N)CCn1cc2c(c1)C(O)CCCC2. The van der Waals surface area contributed by atoms with Gasteiger partial charge in [-0.1, -0.05) is 6.42 Å². The van der Waals surface area contributed by atoms with Gasteiger partial charge in [0.25, 0.3) is 0 Å². The highest BCUT2D eigenvalue weighted by molar-refractivity contribution is 5.28. The Morgan fingerprint density at radius 2 is 2.22 bits per heavy atom. The fourth-order valence-corrected chi connectivity index (χ4v) is 2.48. The van der Waals surface area contributed by atoms with E-state index in [0.29, 0.717) is 0 Å². The molecule has 3 nitrogen and oxygen atoms in total. The van der Waals surface area contributed by atoms with Crippen LogP contribution >= 0.6 is 0 Å². The Kier molecular flexibility index (Phi) is 3.77. The number of aryl methyl sites for hydroxylation is 2. The van der Waals surface area contributed by atoms with Gasteiger partial charge in [0.15, 0.2) is 0 Å². The molecule has 0 bridgehead atoms. The second-order valence-electron chi connectivity index (χ2n) is 5.98. The molecule has 1 aliphatic rings. The van der Waals surface area contributed by atoms with Crippen LogP contribution in [0.25, 0.3) is 0 Å². The highest BCUT2D eigenvalue weighted by atomic mass is 16.3. The summed E-state index contributed by atoms with van der Waals surface area (Å²) in [6.45, 7) is 4.78. The molecular formula is C15H22N2O. The van der Waals surface area contributed by atoms with E-state index in [0.717, 1.165) is 44.2 Å². The third-order valence-electron chi connectivity index (χ3n) is 3.83. The first-order chi connectivity index (χ1) is 8.52. The van der Waals surface area contributed by atoms with Gasteiger partial charge in [0, 0.05) is 24.5 Å². The van der Waals surface area contributed by atoms with Crippen LogP contribution in [0.15, 0.2) is 12.4 Å². The average Bonchev–Trinajstić information content (AvgIpc) is 2.68. The van der Waals surface area contributed by atoms with Crippen molar-refractivity contribution >= 4 is 0 Å². The van der Waals surface area contributed by atoms with E-state index in [-0.39, 0.29) is 11.5 Å². The predicted molar refractivity (Wildman–Crippen MR) is 71.0 cm³/mol. The van der Waals surface area contributed by atoms with Crippen molar-refractivity contribution in [2.24, 2.45) is 5.41 Å². The summed E-state index contributed by atoms with van der Waals surface area (Å²) in [4.78, 5) is 0. The number of hydrogen-bond acceptors (Lipinski definition) is 2. The topological polar surface area (TPSA) is 49.0 Å². The summed E-state index contributed by atoms with van der Waals surface area (Å²) in [5.41, 5.74) is 2.11. The largest absolute Gasteiger partial charge is 0.388 e. The molecule has 1 atom stereocenters. The van der Waals surface area contributed by atoms with Crippen molar-refractivity contribution in [1.82, 2.24) is 4.57 Å². The highest BCUT2D eigenvalue weighted by Gasteiger charge is 2.20. The molecule has 1 unspecified atom stereocenters. The monoisotopic (exact) mass is 246 g/mol. The Hall–Kier alpha value is -1.27. The third kappa shape index (κ3) is 2.94. The van der Waals surface area contributed by atoms with Gasteiger partial charge < -0.3 is 9.67 Å². The van der Waals surface area contributed by atoms with Crippen LogP contribution in [0.5, 0.6) is 0 Å². The number of nitriles is 1. The van der Waals surface area contributed by atoms with Gasteiger partial charge in [0.05, 0.1) is 17.6 Å². The number of hydrogen-bond donors (Lipinski definition) is 1. The minimum absolute atomic E-state index is 0.277. The van der Waals surface area contributed by atoms with Crippen molar-refractivity contribution in [1.29, 1.82) is 5.26 Å². The van der Waals surface area contributed by atoms with E-state index >= 15 is 0 Å². The first kappa shape index (κ1) is 13.2. The van der Waals surface area contributed by atoms with Crippen molar-refractivity contribution < 1.29 is 5.11 Å². The summed E-state index contributed by atoms with van der Waals surface area (Å²) in [5, 5.41) is 19.1. The number of fused-ring (bicyclic) bond motifs is 1. The van der Waals surface area contributed by atoms with Gasteiger partial charge in [-0.3, -0.25) is 0 Å². The summed E-state index contributed by atoms with van der Waals surface area (Å²) in [6.07, 6.45) is 8.98. The lowest BCUT2D eigenvalue weighted by Gasteiger charge is -2.15. The molecule has 1 heterocycles. The minimum Gasteiger partial charge on any atom is -0.388 e. The van der Waals surface area contributed by atoms with Crippen LogP contribution < -0.4 is 0 Å². The lowest BCUT2D eigenvalue weighted by Crippen LogP contribution is -2.11. The molecule has 0 aromatic carbocycles. The zero-order valence-corrected chi connectivity index (χ0v) is 11.3. The Morgan fingerprint density at radius 1 is 1.44 bits per heavy atom. The lowest BCUT2D eigenvalue weighted by atomic mass is 9.91. The van der Waals surface area contributed by atoms with Gasteiger partial charge >= 0.3 is 0 Å². The van der Waals surface area contributed by atoms with E-state index in [1.807, 2.05) is 13.8 Å². The normalized spacial score (nSPS) is 20.0. The summed E-state index contributed by atoms with van der Waals surface area (Å²) in [7, 11) is 0. The molecule has 1 aliphatic carbocycles. The molecule has 1 aromatic heterocycles. The number of aromatic nitrogens is 1. The number of aliphatic hydroxyl groups excluding tert-OH is 1. The fraction of sp³-hybridized carbons (Fsp3) is 0.667. The molecule has 3 heteroatoms. The minimum atomic E-state index is -0.298. The van der Waals surface area contributed by atoms with Crippen LogP contribution in [-0.4, -0.2) is 9.67 Å². The molecule has 0 fully saturated rings. The maximum absolute atomic E-state index is 10.1. The van der Waals surface area contributed by atoms with Gasteiger partial charge in [-0.15, -0.1) is 0 Å². The van der Waals surface area contributed by atoms with Crippen LogP contribution in [0.4, 0.5) is 0 Å². The molecule has 1 aromatic rings. The van der Waals surface area contributed by atoms with Crippen LogP contribution in [0.1, 0.15) is 56.8 Å². The van der Waals surface area contributed by atoms with Gasteiger partial charge in [-0.25, -0.2) is 0 Å². The van der Waals surface area contributed by atoms with Gasteiger partial charge in [-0.2, -0.15) is 5.26 Å². The van der Waals surface area contributed by atoms with E-state index in [1.165, 1.54) is 5.56 Å². The maximum Gasteiger partial charge on any atom is 0.0807 e. The van der Waals surface area contributed by atoms with E-state index in [4.69, 9.17) is 5.26 Å². The third-order valence-corrected chi connectivity index (χ3v) is 3.83. The summed E-state index contributed by atoms with van der Waals surface area (Å²) in [6, 6.07) is 2.33. The van der Waals surface area contributed by atoms with Crippen LogP contribution in [-0.2, 0) is 13.0 Å². The zero-order valence-electron chi connectivity index (χ0n) is 11.3. The van der Waals surface area contributed by atoms with Crippen LogP contribution in [0.2, 0.25) is 0 Å². The van der Waals surface area contributed by atoms with Crippen LogP contribution in [0, 0.1) is 16.7 Å². The molecule has 0 aliphatic heterocycles. The first-order valence-electron chi connectivity index (χ1n) is 6.80. The van der Waals surface area contributed by atoms with Crippen molar-refractivity contribution in [3.05, 3.63) is 23.5 Å². The van der Waals surface area contributed by atoms with Crippen molar-refractivity contribution in [2.45, 2.75) is 58.6 Å². The average molecular weight is 246 g/mol. The number of nitrogens with zero attached hydrogens (tertiary/aromatic N) is 2. The highest BCUT2D eigenvalue weighted by Crippen LogP contribution is 2.30. The molecular weight excluding hydrogens is 224 g/mol. The molecule has 98 valence electrons. The summed E-state index contributed by atoms with van der Waals surface area (Å²) in [5.74, 6) is 0. The zero-order chi connectivity index (χ0) is 13.2. The number of aliphatic hydroxyl groups is 1. The molecule has 0 saturated heterocycles. The Bertz CT molecular complexity index is 454.